The lowest BCUT2D eigenvalue weighted by molar-refractivity contribution is 0.647. The van der Waals surface area contributed by atoms with Gasteiger partial charge in [0.1, 0.15) is 5.69 Å². The third-order valence-corrected chi connectivity index (χ3v) is 3.53. The van der Waals surface area contributed by atoms with E-state index in [4.69, 9.17) is 16.9 Å². The molecular formula is C18H25N7. The number of nitrogens with one attached hydrogen (secondary N) is 3. The van der Waals surface area contributed by atoms with Gasteiger partial charge in [-0.05, 0) is 32.4 Å². The summed E-state index contributed by atoms with van der Waals surface area (Å²) in [7, 11) is 0. The number of para-hydroxylation sites is 1. The van der Waals surface area contributed by atoms with Gasteiger partial charge in [0.15, 0.2) is 0 Å². The summed E-state index contributed by atoms with van der Waals surface area (Å²) >= 11 is 0. The van der Waals surface area contributed by atoms with Crippen LogP contribution in [-0.2, 0) is 0 Å². The topological polar surface area (TPSA) is 126 Å². The third kappa shape index (κ3) is 4.69. The number of rotatable bonds is 7. The smallest absolute Gasteiger partial charge is 0.221 e. The normalized spacial score (nSPS) is 12.5. The molecule has 0 atom stereocenters. The highest BCUT2D eigenvalue weighted by atomic mass is 15.0. The van der Waals surface area contributed by atoms with Crippen LogP contribution in [0.5, 0.6) is 0 Å². The van der Waals surface area contributed by atoms with Crippen LogP contribution in [0.25, 0.3) is 16.6 Å². The molecule has 7 heteroatoms. The first kappa shape index (κ1) is 18.3. The minimum absolute atomic E-state index is 0.194. The Kier molecular flexibility index (Phi) is 5.94. The van der Waals surface area contributed by atoms with Crippen LogP contribution in [0.2, 0.25) is 0 Å². The summed E-state index contributed by atoms with van der Waals surface area (Å²) in [5, 5.41) is 14.5. The van der Waals surface area contributed by atoms with Gasteiger partial charge in [-0.15, -0.1) is 0 Å². The van der Waals surface area contributed by atoms with Gasteiger partial charge in [0.05, 0.1) is 17.8 Å². The largest absolute Gasteiger partial charge is 0.396 e. The molecule has 0 unspecified atom stereocenters. The summed E-state index contributed by atoms with van der Waals surface area (Å²) in [5.41, 5.74) is 15.8. The van der Waals surface area contributed by atoms with E-state index in [0.717, 1.165) is 22.2 Å². The van der Waals surface area contributed by atoms with E-state index in [2.05, 4.69) is 20.6 Å². The number of nitrogen functional groups attached to an aromatic ring is 1. The highest BCUT2D eigenvalue weighted by Crippen LogP contribution is 2.22. The van der Waals surface area contributed by atoms with Crippen molar-refractivity contribution in [3.05, 3.63) is 47.4 Å². The van der Waals surface area contributed by atoms with Crippen molar-refractivity contribution >= 4 is 28.8 Å². The van der Waals surface area contributed by atoms with Crippen LogP contribution in [0.15, 0.2) is 36.2 Å². The molecule has 0 aliphatic carbocycles. The van der Waals surface area contributed by atoms with Gasteiger partial charge in [0.2, 0.25) is 5.95 Å². The van der Waals surface area contributed by atoms with E-state index in [1.165, 1.54) is 6.21 Å². The van der Waals surface area contributed by atoms with Gasteiger partial charge >= 0.3 is 0 Å². The number of nitrogens with zero attached hydrogens (tertiary/aromatic N) is 2. The maximum atomic E-state index is 7.23. The lowest BCUT2D eigenvalue weighted by Crippen LogP contribution is -2.28. The van der Waals surface area contributed by atoms with Gasteiger partial charge in [-0.2, -0.15) is 0 Å². The van der Waals surface area contributed by atoms with E-state index in [1.807, 2.05) is 39.0 Å². The molecule has 7 nitrogen and oxygen atoms in total. The van der Waals surface area contributed by atoms with Gasteiger partial charge in [0.25, 0.3) is 0 Å². The van der Waals surface area contributed by atoms with Gasteiger partial charge in [-0.1, -0.05) is 18.2 Å². The third-order valence-electron chi connectivity index (χ3n) is 3.53. The molecule has 0 aliphatic rings. The second kappa shape index (κ2) is 8.14. The molecule has 0 amide bonds. The summed E-state index contributed by atoms with van der Waals surface area (Å²) in [5.74, 6) is 0.194. The molecule has 1 aromatic carbocycles. The minimum Gasteiger partial charge on any atom is -0.396 e. The summed E-state index contributed by atoms with van der Waals surface area (Å²) in [6.07, 6.45) is 4.66. The number of anilines is 1. The molecule has 0 saturated heterocycles. The SMILES string of the molecule is Cc1cccc2c(/C(N)=C/NC/C(=C/C=N)NC(C)C)nc(N)nc12. The van der Waals surface area contributed by atoms with Crippen molar-refractivity contribution in [2.45, 2.75) is 26.8 Å². The van der Waals surface area contributed by atoms with Crippen molar-refractivity contribution in [1.82, 2.24) is 20.6 Å². The Bertz CT molecular complexity index is 822. The monoisotopic (exact) mass is 339 g/mol. The molecule has 132 valence electrons. The van der Waals surface area contributed by atoms with Gasteiger partial charge in [-0.25, -0.2) is 9.97 Å². The first-order valence-electron chi connectivity index (χ1n) is 8.10. The van der Waals surface area contributed by atoms with E-state index in [-0.39, 0.29) is 12.0 Å². The molecule has 1 aromatic heterocycles. The van der Waals surface area contributed by atoms with Crippen LogP contribution >= 0.6 is 0 Å². The van der Waals surface area contributed by atoms with E-state index in [1.54, 1.807) is 12.3 Å². The Hall–Kier alpha value is -3.09. The number of allylic oxidation sites excluding steroid dienone is 1. The highest BCUT2D eigenvalue weighted by Gasteiger charge is 2.10. The summed E-state index contributed by atoms with van der Waals surface area (Å²) in [6.45, 7) is 6.58. The molecule has 0 aliphatic heterocycles. The van der Waals surface area contributed by atoms with Crippen LogP contribution < -0.4 is 22.1 Å². The maximum Gasteiger partial charge on any atom is 0.221 e. The zero-order chi connectivity index (χ0) is 18.4. The maximum absolute atomic E-state index is 7.23. The average molecular weight is 339 g/mol. The quantitative estimate of drug-likeness (QED) is 0.491. The number of nitrogens with two attached hydrogens (primary N) is 2. The molecule has 25 heavy (non-hydrogen) atoms. The fourth-order valence-electron chi connectivity index (χ4n) is 2.50. The molecule has 0 saturated carbocycles. The average Bonchev–Trinajstić information content (AvgIpc) is 2.54. The van der Waals surface area contributed by atoms with Crippen LogP contribution in [-0.4, -0.2) is 28.8 Å². The number of aryl methyl sites for hydroxylation is 1. The van der Waals surface area contributed by atoms with Crippen molar-refractivity contribution in [2.24, 2.45) is 5.73 Å². The number of benzene rings is 1. The molecule has 2 rings (SSSR count). The van der Waals surface area contributed by atoms with Crippen LogP contribution in [0.3, 0.4) is 0 Å². The van der Waals surface area contributed by atoms with Gasteiger partial charge in [-0.3, -0.25) is 0 Å². The Balaban J connectivity index is 2.25. The van der Waals surface area contributed by atoms with Crippen LogP contribution in [0.1, 0.15) is 25.1 Å². The molecule has 0 radical (unpaired) electrons. The van der Waals surface area contributed by atoms with Crippen molar-refractivity contribution in [3.63, 3.8) is 0 Å². The molecule has 2 aromatic rings. The van der Waals surface area contributed by atoms with Gasteiger partial charge < -0.3 is 27.5 Å². The molecule has 0 fully saturated rings. The van der Waals surface area contributed by atoms with Crippen molar-refractivity contribution in [3.8, 4) is 0 Å². The molecule has 0 spiro atoms. The molecule has 7 N–H and O–H groups in total. The lowest BCUT2D eigenvalue weighted by Gasteiger charge is -2.14. The Labute approximate surface area is 147 Å². The number of aromatic nitrogens is 2. The second-order valence-electron chi connectivity index (χ2n) is 6.04. The minimum atomic E-state index is 0.194. The molecule has 1 heterocycles. The first-order valence-corrected chi connectivity index (χ1v) is 8.10. The zero-order valence-corrected chi connectivity index (χ0v) is 14.8. The number of fused-ring (bicyclic) bond motifs is 1. The van der Waals surface area contributed by atoms with E-state index >= 15 is 0 Å². The summed E-state index contributed by atoms with van der Waals surface area (Å²) < 4.78 is 0. The van der Waals surface area contributed by atoms with E-state index < -0.39 is 0 Å². The predicted molar refractivity (Wildman–Crippen MR) is 104 cm³/mol. The summed E-state index contributed by atoms with van der Waals surface area (Å²) in [4.78, 5) is 8.59. The zero-order valence-electron chi connectivity index (χ0n) is 14.8. The highest BCUT2D eigenvalue weighted by molar-refractivity contribution is 5.91. The summed E-state index contributed by atoms with van der Waals surface area (Å²) in [6, 6.07) is 6.13. The van der Waals surface area contributed by atoms with Crippen molar-refractivity contribution in [1.29, 1.82) is 5.41 Å². The van der Waals surface area contributed by atoms with Crippen LogP contribution in [0, 0.1) is 12.3 Å². The molecular weight excluding hydrogens is 314 g/mol. The number of hydrogen-bond acceptors (Lipinski definition) is 7. The first-order chi connectivity index (χ1) is 11.9. The number of hydrogen-bond donors (Lipinski definition) is 5. The molecule has 0 bridgehead atoms. The van der Waals surface area contributed by atoms with E-state index in [0.29, 0.717) is 17.9 Å². The second-order valence-corrected chi connectivity index (χ2v) is 6.04. The van der Waals surface area contributed by atoms with Crippen LogP contribution in [0.4, 0.5) is 5.95 Å². The fourth-order valence-corrected chi connectivity index (χ4v) is 2.50. The standard InChI is InChI=1S/C18H25N7/c1-11(2)23-13(7-8-19)9-22-10-15(20)17-14-6-4-5-12(3)16(14)24-18(21)25-17/h4-8,10-11,19,22-23H,9,20H2,1-3H3,(H2,21,24,25)/b13-7-,15-10-,19-8?. The lowest BCUT2D eigenvalue weighted by atomic mass is 10.1. The van der Waals surface area contributed by atoms with E-state index in [9.17, 15) is 0 Å². The van der Waals surface area contributed by atoms with Crippen molar-refractivity contribution < 1.29 is 0 Å². The Morgan fingerprint density at radius 3 is 2.76 bits per heavy atom. The Morgan fingerprint density at radius 2 is 2.08 bits per heavy atom. The predicted octanol–water partition coefficient (Wildman–Crippen LogP) is 1.90. The Morgan fingerprint density at radius 1 is 1.32 bits per heavy atom. The van der Waals surface area contributed by atoms with Crippen molar-refractivity contribution in [2.75, 3.05) is 12.3 Å². The fraction of sp³-hybridized carbons (Fsp3) is 0.278. The van der Waals surface area contributed by atoms with Gasteiger partial charge in [0, 0.05) is 29.5 Å².